The van der Waals surface area contributed by atoms with Crippen molar-refractivity contribution in [2.75, 3.05) is 6.54 Å². The molecule has 0 radical (unpaired) electrons. The van der Waals surface area contributed by atoms with Crippen LogP contribution in [0.25, 0.3) is 0 Å². The molecule has 0 aromatic rings. The van der Waals surface area contributed by atoms with Crippen molar-refractivity contribution in [3.8, 4) is 0 Å². The summed E-state index contributed by atoms with van der Waals surface area (Å²) in [5.74, 6) is 0. The summed E-state index contributed by atoms with van der Waals surface area (Å²) in [6.45, 7) is 0.558. The zero-order valence-corrected chi connectivity index (χ0v) is 11.0. The summed E-state index contributed by atoms with van der Waals surface area (Å²) < 4.78 is 1.17. The maximum atomic E-state index is 10.4. The van der Waals surface area contributed by atoms with Crippen LogP contribution in [0.15, 0.2) is 33.9 Å². The highest BCUT2D eigenvalue weighted by Crippen LogP contribution is 2.41. The quantitative estimate of drug-likeness (QED) is 0.819. The van der Waals surface area contributed by atoms with E-state index in [9.17, 15) is 5.11 Å². The third kappa shape index (κ3) is 2.47. The van der Waals surface area contributed by atoms with Gasteiger partial charge in [-0.05, 0) is 43.4 Å². The Hall–Kier alpha value is -0.380. The molecule has 3 N–H and O–H groups in total. The maximum absolute atomic E-state index is 10.4. The van der Waals surface area contributed by atoms with Crippen LogP contribution in [0.2, 0.25) is 0 Å². The Morgan fingerprint density at radius 3 is 3.06 bits per heavy atom. The average molecular weight is 284 g/mol. The van der Waals surface area contributed by atoms with Gasteiger partial charge in [-0.25, -0.2) is 0 Å². The van der Waals surface area contributed by atoms with Gasteiger partial charge in [-0.2, -0.15) is 0 Å². The van der Waals surface area contributed by atoms with E-state index in [0.29, 0.717) is 13.0 Å². The number of aliphatic hydroxyl groups is 1. The van der Waals surface area contributed by atoms with Gasteiger partial charge in [-0.3, -0.25) is 0 Å². The minimum Gasteiger partial charge on any atom is -0.389 e. The van der Waals surface area contributed by atoms with Gasteiger partial charge in [0.05, 0.1) is 5.60 Å². The second kappa shape index (κ2) is 4.86. The van der Waals surface area contributed by atoms with Crippen LogP contribution in [0.1, 0.15) is 32.1 Å². The maximum Gasteiger partial charge on any atom is 0.0703 e. The fraction of sp³-hybridized carbons (Fsp3) is 0.538. The van der Waals surface area contributed by atoms with E-state index in [4.69, 9.17) is 5.73 Å². The molecule has 16 heavy (non-hydrogen) atoms. The van der Waals surface area contributed by atoms with Gasteiger partial charge in [0.2, 0.25) is 0 Å². The van der Waals surface area contributed by atoms with Gasteiger partial charge in [0, 0.05) is 10.9 Å². The van der Waals surface area contributed by atoms with Gasteiger partial charge in [0.15, 0.2) is 0 Å². The molecular weight excluding hydrogens is 266 g/mol. The zero-order chi connectivity index (χ0) is 11.6. The zero-order valence-electron chi connectivity index (χ0n) is 9.38. The summed E-state index contributed by atoms with van der Waals surface area (Å²) in [7, 11) is 0. The number of hydrogen-bond donors (Lipinski definition) is 2. The number of halogens is 1. The van der Waals surface area contributed by atoms with E-state index in [1.807, 2.05) is 0 Å². The molecule has 0 saturated heterocycles. The van der Waals surface area contributed by atoms with Crippen LogP contribution < -0.4 is 5.73 Å². The first-order valence-corrected chi connectivity index (χ1v) is 6.61. The van der Waals surface area contributed by atoms with Crippen molar-refractivity contribution in [1.82, 2.24) is 0 Å². The molecule has 0 bridgehead atoms. The molecule has 2 nitrogen and oxygen atoms in total. The lowest BCUT2D eigenvalue weighted by Crippen LogP contribution is -2.35. The normalized spacial score (nSPS) is 29.8. The van der Waals surface area contributed by atoms with E-state index >= 15 is 0 Å². The Morgan fingerprint density at radius 2 is 2.31 bits per heavy atom. The van der Waals surface area contributed by atoms with Crippen molar-refractivity contribution in [2.24, 2.45) is 5.73 Å². The van der Waals surface area contributed by atoms with Crippen molar-refractivity contribution >= 4 is 15.9 Å². The first kappa shape index (κ1) is 12.1. The summed E-state index contributed by atoms with van der Waals surface area (Å²) in [6.07, 6.45) is 10.6. The van der Waals surface area contributed by atoms with Crippen LogP contribution in [0.3, 0.4) is 0 Å². The molecule has 1 saturated carbocycles. The highest BCUT2D eigenvalue weighted by molar-refractivity contribution is 9.11. The first-order chi connectivity index (χ1) is 7.64. The number of hydrogen-bond acceptors (Lipinski definition) is 2. The Bertz CT molecular complexity index is 370. The lowest BCUT2D eigenvalue weighted by molar-refractivity contribution is 0.0200. The van der Waals surface area contributed by atoms with Gasteiger partial charge >= 0.3 is 0 Å². The van der Waals surface area contributed by atoms with E-state index in [1.54, 1.807) is 0 Å². The van der Waals surface area contributed by atoms with E-state index in [-0.39, 0.29) is 0 Å². The number of allylic oxidation sites excluding steroid dienone is 5. The molecule has 1 fully saturated rings. The molecule has 88 valence electrons. The second-order valence-corrected chi connectivity index (χ2v) is 5.49. The lowest BCUT2D eigenvalue weighted by atomic mass is 9.77. The fourth-order valence-corrected chi connectivity index (χ4v) is 3.14. The van der Waals surface area contributed by atoms with Crippen LogP contribution in [0.4, 0.5) is 0 Å². The van der Waals surface area contributed by atoms with Crippen molar-refractivity contribution < 1.29 is 5.11 Å². The van der Waals surface area contributed by atoms with Gasteiger partial charge < -0.3 is 10.8 Å². The third-order valence-electron chi connectivity index (χ3n) is 3.41. The molecule has 0 aliphatic heterocycles. The number of fused-ring (bicyclic) bond motifs is 1. The summed E-state index contributed by atoms with van der Waals surface area (Å²) >= 11 is 3.60. The predicted molar refractivity (Wildman–Crippen MR) is 70.3 cm³/mol. The minimum absolute atomic E-state index is 0.558. The molecule has 2 rings (SSSR count). The lowest BCUT2D eigenvalue weighted by Gasteiger charge is -2.35. The van der Waals surface area contributed by atoms with Crippen molar-refractivity contribution in [2.45, 2.75) is 37.7 Å². The summed E-state index contributed by atoms with van der Waals surface area (Å²) in [4.78, 5) is 0. The van der Waals surface area contributed by atoms with E-state index in [1.165, 1.54) is 15.6 Å². The number of rotatable bonds is 2. The smallest absolute Gasteiger partial charge is 0.0703 e. The van der Waals surface area contributed by atoms with Crippen molar-refractivity contribution in [3.63, 3.8) is 0 Å². The Kier molecular flexibility index (Phi) is 3.67. The van der Waals surface area contributed by atoms with Gasteiger partial charge in [0.1, 0.15) is 0 Å². The first-order valence-electron chi connectivity index (χ1n) is 5.82. The summed E-state index contributed by atoms with van der Waals surface area (Å²) in [5, 5.41) is 10.4. The molecule has 0 amide bonds. The molecule has 1 unspecified atom stereocenters. The molecular formula is C13H18BrNO. The van der Waals surface area contributed by atoms with Crippen LogP contribution in [0.5, 0.6) is 0 Å². The highest BCUT2D eigenvalue weighted by Gasteiger charge is 2.33. The third-order valence-corrected chi connectivity index (χ3v) is 4.15. The van der Waals surface area contributed by atoms with Crippen molar-refractivity contribution in [1.29, 1.82) is 0 Å². The molecule has 2 aliphatic rings. The minimum atomic E-state index is -0.582. The summed E-state index contributed by atoms with van der Waals surface area (Å²) in [6, 6.07) is 0. The molecule has 0 aromatic heterocycles. The van der Waals surface area contributed by atoms with Gasteiger partial charge in [-0.15, -0.1) is 0 Å². The Balaban J connectivity index is 2.23. The standard InChI is InChI=1S/C13H18BrNO/c14-12-4-2-1-3-10-9-13(16,7-8-15)6-5-11(10)12/h2-4,16H,1,5-9,15H2. The van der Waals surface area contributed by atoms with Crippen LogP contribution in [0, 0.1) is 0 Å². The average Bonchev–Trinajstić information content (AvgIpc) is 2.40. The van der Waals surface area contributed by atoms with Crippen LogP contribution >= 0.6 is 15.9 Å². The monoisotopic (exact) mass is 283 g/mol. The summed E-state index contributed by atoms with van der Waals surface area (Å²) in [5.41, 5.74) is 7.62. The number of nitrogens with two attached hydrogens (primary N) is 1. The van der Waals surface area contributed by atoms with Crippen LogP contribution in [-0.2, 0) is 0 Å². The Labute approximate surface area is 105 Å². The molecule has 3 heteroatoms. The SMILES string of the molecule is NCCC1(O)CCC2=C(Br)C=CCC=C2C1. The highest BCUT2D eigenvalue weighted by atomic mass is 79.9. The van der Waals surface area contributed by atoms with E-state index in [2.05, 4.69) is 34.2 Å². The largest absolute Gasteiger partial charge is 0.389 e. The van der Waals surface area contributed by atoms with Crippen molar-refractivity contribution in [3.05, 3.63) is 33.9 Å². The topological polar surface area (TPSA) is 46.2 Å². The molecule has 0 spiro atoms. The molecule has 0 heterocycles. The van der Waals surface area contributed by atoms with Gasteiger partial charge in [-0.1, -0.05) is 34.2 Å². The second-order valence-electron chi connectivity index (χ2n) is 4.63. The Morgan fingerprint density at radius 1 is 1.50 bits per heavy atom. The van der Waals surface area contributed by atoms with Gasteiger partial charge in [0.25, 0.3) is 0 Å². The van der Waals surface area contributed by atoms with E-state index in [0.717, 1.165) is 25.7 Å². The predicted octanol–water partition coefficient (Wildman–Crippen LogP) is 2.79. The van der Waals surface area contributed by atoms with Crippen LogP contribution in [-0.4, -0.2) is 17.3 Å². The molecule has 2 aliphatic carbocycles. The fourth-order valence-electron chi connectivity index (χ4n) is 2.50. The van der Waals surface area contributed by atoms with E-state index < -0.39 is 5.60 Å². The molecule has 0 aromatic carbocycles. The molecule has 1 atom stereocenters.